The largest absolute Gasteiger partial charge is 0.478 e. The summed E-state index contributed by atoms with van der Waals surface area (Å²) in [5, 5.41) is 16.8. The van der Waals surface area contributed by atoms with Crippen LogP contribution in [0.4, 0.5) is 0 Å². The van der Waals surface area contributed by atoms with E-state index >= 15 is 0 Å². The van der Waals surface area contributed by atoms with E-state index in [9.17, 15) is 9.59 Å². The van der Waals surface area contributed by atoms with E-state index in [1.165, 1.54) is 19.2 Å². The predicted molar refractivity (Wildman–Crippen MR) is 93.3 cm³/mol. The van der Waals surface area contributed by atoms with Gasteiger partial charge in [0.1, 0.15) is 9.21 Å². The first-order valence-electron chi connectivity index (χ1n) is 5.99. The van der Waals surface area contributed by atoms with Gasteiger partial charge in [0.05, 0.1) is 12.2 Å². The maximum absolute atomic E-state index is 10.4. The normalized spacial score (nSPS) is 8.91. The Morgan fingerprint density at radius 1 is 1.13 bits per heavy atom. The van der Waals surface area contributed by atoms with Crippen molar-refractivity contribution in [2.45, 2.75) is 13.5 Å². The second-order valence-electron chi connectivity index (χ2n) is 3.73. The summed E-state index contributed by atoms with van der Waals surface area (Å²) in [4.78, 5) is 27.2. The van der Waals surface area contributed by atoms with Crippen molar-refractivity contribution in [2.24, 2.45) is 0 Å². The topological polar surface area (TPSA) is 100 Å². The van der Waals surface area contributed by atoms with E-state index in [2.05, 4.69) is 53.4 Å². The lowest BCUT2D eigenvalue weighted by Gasteiger charge is -1.95. The zero-order chi connectivity index (χ0) is 17.8. The highest BCUT2D eigenvalue weighted by atomic mass is 79.9. The number of carbonyl (C=O) groups excluding carboxylic acids is 1. The number of pyridine rings is 2. The van der Waals surface area contributed by atoms with Crippen LogP contribution in [0.5, 0.6) is 0 Å². The number of aromatic nitrogens is 2. The van der Waals surface area contributed by atoms with Gasteiger partial charge >= 0.3 is 5.97 Å². The van der Waals surface area contributed by atoms with E-state index in [1.54, 1.807) is 18.3 Å². The molecule has 0 spiro atoms. The number of rotatable bonds is 2. The van der Waals surface area contributed by atoms with Crippen LogP contribution in [-0.2, 0) is 11.4 Å². The Balaban J connectivity index is 0.000000345. The van der Waals surface area contributed by atoms with Gasteiger partial charge in [0, 0.05) is 24.9 Å². The Hall–Kier alpha value is -1.35. The molecular weight excluding hydrogens is 455 g/mol. The molecule has 0 radical (unpaired) electrons. The Bertz CT molecular complexity index is 652. The average Bonchev–Trinajstić information content (AvgIpc) is 2.48. The summed E-state index contributed by atoms with van der Waals surface area (Å²) in [5.74, 6) is -0.972. The van der Waals surface area contributed by atoms with Crippen LogP contribution in [0.25, 0.3) is 0 Å². The summed E-state index contributed by atoms with van der Waals surface area (Å²) in [6.07, 6.45) is 3.19. The minimum atomic E-state index is -0.972. The number of aliphatic hydroxyl groups excluding tert-OH is 1. The highest BCUT2D eigenvalue weighted by molar-refractivity contribution is 9.10. The Kier molecular flexibility index (Phi) is 11.4. The third kappa shape index (κ3) is 10.1. The lowest BCUT2D eigenvalue weighted by Crippen LogP contribution is -1.97. The summed E-state index contributed by atoms with van der Waals surface area (Å²) in [7, 11) is 0. The van der Waals surface area contributed by atoms with Crippen molar-refractivity contribution in [3.8, 4) is 0 Å². The molecule has 0 saturated heterocycles. The number of aromatic carboxylic acids is 1. The predicted octanol–water partition coefficient (Wildman–Crippen LogP) is 3.65. The highest BCUT2D eigenvalue weighted by Gasteiger charge is 2.06. The molecule has 0 aliphatic carbocycles. The number of hydrogen-bond donors (Lipinski definition) is 2. The zero-order valence-corrected chi connectivity index (χ0v) is 15.8. The minimum Gasteiger partial charge on any atom is -0.478 e. The molecule has 0 aliphatic rings. The second kappa shape index (κ2) is 12.1. The van der Waals surface area contributed by atoms with E-state index in [1.807, 2.05) is 6.07 Å². The number of carbonyl (C=O) groups is 2. The van der Waals surface area contributed by atoms with Gasteiger partial charge in [-0.25, -0.2) is 14.8 Å². The fraction of sp³-hybridized carbons (Fsp3) is 0.143. The fourth-order valence-electron chi connectivity index (χ4n) is 1.08. The van der Waals surface area contributed by atoms with Crippen LogP contribution in [0, 0.1) is 0 Å². The summed E-state index contributed by atoms with van der Waals surface area (Å²) >= 11 is 10.8. The molecule has 0 aliphatic heterocycles. The molecule has 0 bridgehead atoms. The average molecular weight is 469 g/mol. The smallest absolute Gasteiger partial charge is 0.338 e. The van der Waals surface area contributed by atoms with Gasteiger partial charge in [0.2, 0.25) is 5.24 Å². The number of carboxylic acid groups (broad SMARTS) is 1. The molecule has 2 aromatic heterocycles. The molecule has 0 atom stereocenters. The van der Waals surface area contributed by atoms with Gasteiger partial charge in [-0.1, -0.05) is 6.07 Å². The third-order valence-corrected chi connectivity index (χ3v) is 3.34. The van der Waals surface area contributed by atoms with Crippen LogP contribution < -0.4 is 0 Å². The van der Waals surface area contributed by atoms with Crippen LogP contribution in [-0.4, -0.2) is 31.4 Å². The lowest BCUT2D eigenvalue weighted by molar-refractivity contribution is -0.109. The molecule has 23 heavy (non-hydrogen) atoms. The van der Waals surface area contributed by atoms with Crippen LogP contribution in [0.1, 0.15) is 22.8 Å². The second-order valence-corrected chi connectivity index (χ2v) is 5.76. The van der Waals surface area contributed by atoms with Crippen LogP contribution in [0.15, 0.2) is 45.9 Å². The van der Waals surface area contributed by atoms with Gasteiger partial charge < -0.3 is 10.2 Å². The maximum Gasteiger partial charge on any atom is 0.338 e. The van der Waals surface area contributed by atoms with Crippen molar-refractivity contribution >= 4 is 54.7 Å². The number of aliphatic hydroxyl groups is 1. The minimum absolute atomic E-state index is 0.0361. The molecule has 9 heteroatoms. The molecule has 2 N–H and O–H groups in total. The van der Waals surface area contributed by atoms with Gasteiger partial charge in [-0.15, -0.1) is 0 Å². The summed E-state index contributed by atoms with van der Waals surface area (Å²) in [5.41, 5.74) is 1.00. The molecular formula is C14H13Br2ClN2O4. The molecule has 0 amide bonds. The molecule has 0 aromatic carbocycles. The SMILES string of the molecule is CC(=O)Cl.O=C(O)c1cccnc1Br.OCc1cccnc1Br. The molecule has 124 valence electrons. The van der Waals surface area contributed by atoms with E-state index in [4.69, 9.17) is 10.2 Å². The Labute approximate surface area is 154 Å². The monoisotopic (exact) mass is 466 g/mol. The van der Waals surface area contributed by atoms with Crippen molar-refractivity contribution in [1.82, 2.24) is 9.97 Å². The van der Waals surface area contributed by atoms with Gasteiger partial charge in [0.25, 0.3) is 0 Å². The van der Waals surface area contributed by atoms with E-state index in [0.717, 1.165) is 5.56 Å². The van der Waals surface area contributed by atoms with Crippen molar-refractivity contribution in [3.05, 3.63) is 57.0 Å². The molecule has 0 fully saturated rings. The standard InChI is InChI=1S/C6H4BrNO2.C6H6BrNO.C2H3ClO/c7-5-4(6(9)10)2-1-3-8-5;7-6-5(4-9)2-1-3-8-6;1-2(3)4/h1-3H,(H,9,10);1-3,9H,4H2;1H3. The quantitative estimate of drug-likeness (QED) is 0.516. The fourth-order valence-corrected chi connectivity index (χ4v) is 1.88. The Morgan fingerprint density at radius 2 is 1.61 bits per heavy atom. The number of carboxylic acids is 1. The number of halogens is 3. The third-order valence-electron chi connectivity index (χ3n) is 2.00. The van der Waals surface area contributed by atoms with Crippen LogP contribution in [0.2, 0.25) is 0 Å². The highest BCUT2D eigenvalue weighted by Crippen LogP contribution is 2.11. The van der Waals surface area contributed by atoms with E-state index in [0.29, 0.717) is 9.21 Å². The Morgan fingerprint density at radius 3 is 1.91 bits per heavy atom. The molecule has 6 nitrogen and oxygen atoms in total. The molecule has 2 aromatic rings. The van der Waals surface area contributed by atoms with Gasteiger partial charge in [0.15, 0.2) is 0 Å². The van der Waals surface area contributed by atoms with E-state index < -0.39 is 5.97 Å². The zero-order valence-electron chi connectivity index (χ0n) is 11.9. The summed E-state index contributed by atoms with van der Waals surface area (Å²) in [6.45, 7) is 1.33. The van der Waals surface area contributed by atoms with Gasteiger partial charge in [-0.2, -0.15) is 0 Å². The molecule has 2 rings (SSSR count). The van der Waals surface area contributed by atoms with Gasteiger partial charge in [-0.05, 0) is 61.7 Å². The molecule has 2 heterocycles. The van der Waals surface area contributed by atoms with E-state index in [-0.39, 0.29) is 17.4 Å². The number of nitrogens with zero attached hydrogens (tertiary/aromatic N) is 2. The van der Waals surface area contributed by atoms with Crippen molar-refractivity contribution < 1.29 is 19.8 Å². The molecule has 0 unspecified atom stereocenters. The first-order valence-corrected chi connectivity index (χ1v) is 7.96. The van der Waals surface area contributed by atoms with Crippen molar-refractivity contribution in [1.29, 1.82) is 0 Å². The maximum atomic E-state index is 10.4. The van der Waals surface area contributed by atoms with Gasteiger partial charge in [-0.3, -0.25) is 4.79 Å². The summed E-state index contributed by atoms with van der Waals surface area (Å²) in [6, 6.07) is 6.67. The van der Waals surface area contributed by atoms with Crippen molar-refractivity contribution in [3.63, 3.8) is 0 Å². The van der Waals surface area contributed by atoms with Crippen LogP contribution >= 0.6 is 43.5 Å². The summed E-state index contributed by atoms with van der Waals surface area (Å²) < 4.78 is 1.08. The number of hydrogen-bond acceptors (Lipinski definition) is 5. The van der Waals surface area contributed by atoms with Crippen LogP contribution in [0.3, 0.4) is 0 Å². The lowest BCUT2D eigenvalue weighted by atomic mass is 10.3. The first kappa shape index (κ1) is 21.6. The molecule has 0 saturated carbocycles. The van der Waals surface area contributed by atoms with Crippen molar-refractivity contribution in [2.75, 3.05) is 0 Å². The first-order chi connectivity index (χ1) is 10.8.